The molecule has 0 spiro atoms. The summed E-state index contributed by atoms with van der Waals surface area (Å²) in [5, 5.41) is 6.45. The molecule has 1 N–H and O–H groups in total. The summed E-state index contributed by atoms with van der Waals surface area (Å²) < 4.78 is 32.7. The number of aryl methyl sites for hydroxylation is 1. The van der Waals surface area contributed by atoms with Gasteiger partial charge in [-0.3, -0.25) is 9.48 Å². The van der Waals surface area contributed by atoms with Crippen LogP contribution in [0.4, 0.5) is 8.78 Å². The fraction of sp³-hybridized carbons (Fsp3) is 0.619. The molecule has 2 aliphatic rings. The Kier molecular flexibility index (Phi) is 6.03. The number of hydrogen-bond acceptors (Lipinski definition) is 3. The summed E-state index contributed by atoms with van der Waals surface area (Å²) in [6.07, 6.45) is 6.83. The highest BCUT2D eigenvalue weighted by molar-refractivity contribution is 5.95. The molecule has 154 valence electrons. The third-order valence-electron chi connectivity index (χ3n) is 5.90. The van der Waals surface area contributed by atoms with Gasteiger partial charge in [0.1, 0.15) is 5.69 Å². The molecule has 0 bridgehead atoms. The third kappa shape index (κ3) is 4.19. The lowest BCUT2D eigenvalue weighted by molar-refractivity contribution is 0.0937. The molecule has 1 amide bonds. The molecule has 0 aliphatic heterocycles. The van der Waals surface area contributed by atoms with E-state index in [2.05, 4.69) is 36.4 Å². The highest BCUT2D eigenvalue weighted by atomic mass is 19.3. The zero-order chi connectivity index (χ0) is 20.5. The van der Waals surface area contributed by atoms with Crippen molar-refractivity contribution in [2.75, 3.05) is 13.7 Å². The Morgan fingerprint density at radius 2 is 2.21 bits per heavy atom. The number of nitrogens with zero attached hydrogens (tertiary/aromatic N) is 2. The molecule has 1 aromatic heterocycles. The van der Waals surface area contributed by atoms with E-state index in [1.165, 1.54) is 29.1 Å². The van der Waals surface area contributed by atoms with Crippen LogP contribution in [0.1, 0.15) is 62.0 Å². The molecule has 5 nitrogen and oxygen atoms in total. The van der Waals surface area contributed by atoms with Gasteiger partial charge in [0.15, 0.2) is 0 Å². The Morgan fingerprint density at radius 1 is 1.46 bits per heavy atom. The van der Waals surface area contributed by atoms with Crippen LogP contribution in [-0.4, -0.2) is 35.4 Å². The van der Waals surface area contributed by atoms with E-state index in [9.17, 15) is 13.6 Å². The van der Waals surface area contributed by atoms with Crippen molar-refractivity contribution in [2.24, 2.45) is 18.4 Å². The minimum Gasteiger partial charge on any atom is -0.377 e. The molecular weight excluding hydrogens is 364 g/mol. The molecule has 1 aromatic rings. The van der Waals surface area contributed by atoms with Crippen molar-refractivity contribution in [1.29, 1.82) is 0 Å². The normalized spacial score (nSPS) is 23.4. The Balaban J connectivity index is 1.56. The van der Waals surface area contributed by atoms with Crippen molar-refractivity contribution >= 4 is 5.91 Å². The minimum atomic E-state index is -2.76. The lowest BCUT2D eigenvalue weighted by Crippen LogP contribution is -2.27. The SMILES string of the molecule is CO[C@@H]1C=CC2=C(C1)CC(C)(C)C2CCCNC(=O)c1cn(C)nc1C(F)F. The van der Waals surface area contributed by atoms with Crippen molar-refractivity contribution in [3.05, 3.63) is 40.8 Å². The summed E-state index contributed by atoms with van der Waals surface area (Å²) in [7, 11) is 3.27. The van der Waals surface area contributed by atoms with Crippen LogP contribution < -0.4 is 5.32 Å². The number of aromatic nitrogens is 2. The van der Waals surface area contributed by atoms with Gasteiger partial charge in [0.25, 0.3) is 12.3 Å². The van der Waals surface area contributed by atoms with Crippen LogP contribution in [0.25, 0.3) is 0 Å². The Labute approximate surface area is 164 Å². The van der Waals surface area contributed by atoms with Gasteiger partial charge in [0.05, 0.1) is 11.7 Å². The van der Waals surface area contributed by atoms with Gasteiger partial charge in [-0.2, -0.15) is 5.10 Å². The third-order valence-corrected chi connectivity index (χ3v) is 5.90. The summed E-state index contributed by atoms with van der Waals surface area (Å²) in [5.41, 5.74) is 2.55. The second-order valence-electron chi connectivity index (χ2n) is 8.41. The lowest BCUT2D eigenvalue weighted by atomic mass is 9.76. The molecule has 0 aromatic carbocycles. The van der Waals surface area contributed by atoms with E-state index in [1.54, 1.807) is 7.11 Å². The van der Waals surface area contributed by atoms with Gasteiger partial charge in [-0.1, -0.05) is 31.6 Å². The highest BCUT2D eigenvalue weighted by Crippen LogP contribution is 2.51. The highest BCUT2D eigenvalue weighted by Gasteiger charge is 2.40. The molecule has 2 atom stereocenters. The van der Waals surface area contributed by atoms with Gasteiger partial charge in [0.2, 0.25) is 0 Å². The van der Waals surface area contributed by atoms with E-state index in [-0.39, 0.29) is 17.1 Å². The number of amides is 1. The van der Waals surface area contributed by atoms with Crippen molar-refractivity contribution in [3.63, 3.8) is 0 Å². The van der Waals surface area contributed by atoms with Crippen LogP contribution in [-0.2, 0) is 11.8 Å². The average molecular weight is 393 g/mol. The first-order valence-electron chi connectivity index (χ1n) is 9.75. The lowest BCUT2D eigenvalue weighted by Gasteiger charge is -2.29. The molecular formula is C21H29F2N3O2. The standard InChI is InChI=1S/C21H29F2N3O2/c1-21(2)11-13-10-14(28-4)7-8-15(13)17(21)6-5-9-24-20(27)16-12-26(3)25-18(16)19(22)23/h7-8,12,14,17,19H,5-6,9-11H2,1-4H3,(H,24,27)/t14-,17?/m1/s1. The number of carbonyl (C=O) groups is 1. The van der Waals surface area contributed by atoms with E-state index in [0.717, 1.165) is 25.7 Å². The van der Waals surface area contributed by atoms with Gasteiger partial charge >= 0.3 is 0 Å². The van der Waals surface area contributed by atoms with Gasteiger partial charge in [0, 0.05) is 26.9 Å². The minimum absolute atomic E-state index is 0.0514. The largest absolute Gasteiger partial charge is 0.377 e. The summed E-state index contributed by atoms with van der Waals surface area (Å²) in [6.45, 7) is 5.03. The molecule has 3 rings (SSSR count). The van der Waals surface area contributed by atoms with E-state index in [0.29, 0.717) is 12.5 Å². The van der Waals surface area contributed by atoms with Gasteiger partial charge in [-0.05, 0) is 42.6 Å². The first kappa shape index (κ1) is 20.7. The average Bonchev–Trinajstić information content (AvgIpc) is 3.14. The van der Waals surface area contributed by atoms with Crippen LogP contribution in [0, 0.1) is 11.3 Å². The number of hydrogen-bond donors (Lipinski definition) is 1. The Morgan fingerprint density at radius 3 is 2.89 bits per heavy atom. The van der Waals surface area contributed by atoms with Crippen LogP contribution in [0.2, 0.25) is 0 Å². The topological polar surface area (TPSA) is 56.1 Å². The maximum Gasteiger partial charge on any atom is 0.282 e. The van der Waals surface area contributed by atoms with Crippen LogP contribution in [0.15, 0.2) is 29.5 Å². The number of rotatable bonds is 7. The molecule has 0 fully saturated rings. The number of carbonyl (C=O) groups excluding carboxylic acids is 1. The summed E-state index contributed by atoms with van der Waals surface area (Å²) in [5.74, 6) is -0.0574. The molecule has 0 saturated heterocycles. The van der Waals surface area contributed by atoms with E-state index < -0.39 is 18.0 Å². The summed E-state index contributed by atoms with van der Waals surface area (Å²) in [6, 6.07) is 0. The van der Waals surface area contributed by atoms with Crippen molar-refractivity contribution < 1.29 is 18.3 Å². The molecule has 1 unspecified atom stereocenters. The fourth-order valence-corrected chi connectivity index (χ4v) is 4.54. The number of allylic oxidation sites excluding steroid dienone is 2. The van der Waals surface area contributed by atoms with E-state index in [1.807, 2.05) is 0 Å². The number of alkyl halides is 2. The summed E-state index contributed by atoms with van der Waals surface area (Å²) >= 11 is 0. The van der Waals surface area contributed by atoms with Crippen molar-refractivity contribution in [2.45, 2.75) is 52.1 Å². The predicted molar refractivity (Wildman–Crippen MR) is 103 cm³/mol. The molecule has 28 heavy (non-hydrogen) atoms. The summed E-state index contributed by atoms with van der Waals surface area (Å²) in [4.78, 5) is 12.3. The Hall–Kier alpha value is -2.02. The fourth-order valence-electron chi connectivity index (χ4n) is 4.54. The molecule has 0 radical (unpaired) electrons. The predicted octanol–water partition coefficient (Wildman–Crippen LogP) is 4.19. The van der Waals surface area contributed by atoms with E-state index in [4.69, 9.17) is 4.74 Å². The van der Waals surface area contributed by atoms with Gasteiger partial charge in [-0.25, -0.2) is 8.78 Å². The Bertz CT molecular complexity index is 796. The maximum atomic E-state index is 13.0. The second-order valence-corrected chi connectivity index (χ2v) is 8.41. The van der Waals surface area contributed by atoms with Gasteiger partial charge in [-0.15, -0.1) is 0 Å². The number of nitrogens with one attached hydrogen (secondary N) is 1. The zero-order valence-electron chi connectivity index (χ0n) is 17.0. The number of methoxy groups -OCH3 is 1. The number of halogens is 2. The molecule has 1 heterocycles. The molecule has 0 saturated carbocycles. The van der Waals surface area contributed by atoms with Gasteiger partial charge < -0.3 is 10.1 Å². The van der Waals surface area contributed by atoms with Crippen LogP contribution in [0.5, 0.6) is 0 Å². The smallest absolute Gasteiger partial charge is 0.282 e. The molecule has 7 heteroatoms. The van der Waals surface area contributed by atoms with Crippen LogP contribution in [0.3, 0.4) is 0 Å². The van der Waals surface area contributed by atoms with Crippen molar-refractivity contribution in [3.8, 4) is 0 Å². The van der Waals surface area contributed by atoms with Crippen molar-refractivity contribution in [1.82, 2.24) is 15.1 Å². The second kappa shape index (κ2) is 8.15. The van der Waals surface area contributed by atoms with E-state index >= 15 is 0 Å². The monoisotopic (exact) mass is 393 g/mol. The first-order chi connectivity index (χ1) is 13.2. The first-order valence-corrected chi connectivity index (χ1v) is 9.75. The van der Waals surface area contributed by atoms with Crippen LogP contribution >= 0.6 is 0 Å². The zero-order valence-corrected chi connectivity index (χ0v) is 17.0. The molecule has 2 aliphatic carbocycles. The quantitative estimate of drug-likeness (QED) is 0.707. The maximum absolute atomic E-state index is 13.0. The number of ether oxygens (including phenoxy) is 1.